The number of amides is 4. The first-order chi connectivity index (χ1) is 18.9. The van der Waals surface area contributed by atoms with Gasteiger partial charge in [0.25, 0.3) is 0 Å². The molecule has 1 saturated carbocycles. The Morgan fingerprint density at radius 1 is 1.05 bits per heavy atom. The van der Waals surface area contributed by atoms with Gasteiger partial charge in [-0.15, -0.1) is 0 Å². The van der Waals surface area contributed by atoms with Crippen LogP contribution in [0.4, 0.5) is 4.79 Å². The third-order valence-corrected chi connectivity index (χ3v) is 6.96. The molecule has 1 fully saturated rings. The van der Waals surface area contributed by atoms with Crippen LogP contribution in [0.3, 0.4) is 0 Å². The van der Waals surface area contributed by atoms with Crippen LogP contribution in [0.15, 0.2) is 48.5 Å². The molecule has 216 valence electrons. The molecule has 0 aromatic heterocycles. The average Bonchev–Trinajstić information content (AvgIpc) is 2.84. The lowest BCUT2D eigenvalue weighted by Crippen LogP contribution is -2.57. The number of alkyl carbamates (subject to hydrolysis) is 1. The molecule has 2 unspecified atom stereocenters. The second-order valence-corrected chi connectivity index (χ2v) is 11.5. The fourth-order valence-electron chi connectivity index (χ4n) is 4.71. The Morgan fingerprint density at radius 2 is 1.73 bits per heavy atom. The Labute approximate surface area is 236 Å². The molecule has 1 aliphatic carbocycles. The largest absolute Gasteiger partial charge is 0.444 e. The highest BCUT2D eigenvalue weighted by molar-refractivity contribution is 5.93. The van der Waals surface area contributed by atoms with Gasteiger partial charge in [-0.3, -0.25) is 14.4 Å². The van der Waals surface area contributed by atoms with Gasteiger partial charge in [-0.05, 0) is 77.0 Å². The summed E-state index contributed by atoms with van der Waals surface area (Å²) in [5, 5.41) is 5.67. The Kier molecular flexibility index (Phi) is 10.3. The summed E-state index contributed by atoms with van der Waals surface area (Å²) in [4.78, 5) is 54.3. The molecule has 1 aliphatic rings. The van der Waals surface area contributed by atoms with Crippen molar-refractivity contribution in [1.82, 2.24) is 15.5 Å². The SMILES string of the molecule is Cc1ccc(C)c(C(C(=O)NCc2ccccc2)N(C(=O)C(CCC(N)=O)NC(=O)OC(C)(C)C)C2CCC2)c1. The smallest absolute Gasteiger partial charge is 0.408 e. The van der Waals surface area contributed by atoms with Crippen LogP contribution < -0.4 is 16.4 Å². The van der Waals surface area contributed by atoms with Gasteiger partial charge < -0.3 is 26.0 Å². The number of carbonyl (C=O) groups excluding carboxylic acids is 4. The molecule has 2 aromatic carbocycles. The van der Waals surface area contributed by atoms with Crippen LogP contribution >= 0.6 is 0 Å². The van der Waals surface area contributed by atoms with Crippen molar-refractivity contribution in [2.75, 3.05) is 0 Å². The molecule has 0 saturated heterocycles. The van der Waals surface area contributed by atoms with Crippen molar-refractivity contribution in [3.05, 3.63) is 70.8 Å². The summed E-state index contributed by atoms with van der Waals surface area (Å²) in [6.45, 7) is 9.33. The first-order valence-electron chi connectivity index (χ1n) is 13.8. The molecular formula is C31H42N4O5. The Morgan fingerprint density at radius 3 is 2.30 bits per heavy atom. The second-order valence-electron chi connectivity index (χ2n) is 11.5. The van der Waals surface area contributed by atoms with Crippen LogP contribution in [0.5, 0.6) is 0 Å². The highest BCUT2D eigenvalue weighted by Gasteiger charge is 2.42. The van der Waals surface area contributed by atoms with E-state index in [0.29, 0.717) is 6.54 Å². The van der Waals surface area contributed by atoms with E-state index in [4.69, 9.17) is 10.5 Å². The van der Waals surface area contributed by atoms with Crippen molar-refractivity contribution in [2.24, 2.45) is 5.73 Å². The summed E-state index contributed by atoms with van der Waals surface area (Å²) in [7, 11) is 0. The zero-order valence-corrected chi connectivity index (χ0v) is 24.2. The number of benzene rings is 2. The number of nitrogens with zero attached hydrogens (tertiary/aromatic N) is 1. The molecule has 0 aliphatic heterocycles. The van der Waals surface area contributed by atoms with E-state index in [1.807, 2.05) is 62.4 Å². The summed E-state index contributed by atoms with van der Waals surface area (Å²) < 4.78 is 5.40. The summed E-state index contributed by atoms with van der Waals surface area (Å²) in [5.74, 6) is -1.35. The van der Waals surface area contributed by atoms with Crippen molar-refractivity contribution in [3.63, 3.8) is 0 Å². The van der Waals surface area contributed by atoms with Crippen molar-refractivity contribution in [1.29, 1.82) is 0 Å². The van der Waals surface area contributed by atoms with Crippen LogP contribution in [0.2, 0.25) is 0 Å². The van der Waals surface area contributed by atoms with Crippen molar-refractivity contribution in [3.8, 4) is 0 Å². The van der Waals surface area contributed by atoms with E-state index in [0.717, 1.165) is 41.5 Å². The maximum absolute atomic E-state index is 14.3. The van der Waals surface area contributed by atoms with Gasteiger partial charge >= 0.3 is 6.09 Å². The third-order valence-electron chi connectivity index (χ3n) is 6.96. The fraction of sp³-hybridized carbons (Fsp3) is 0.484. The van der Waals surface area contributed by atoms with Gasteiger partial charge in [-0.1, -0.05) is 54.1 Å². The average molecular weight is 551 g/mol. The van der Waals surface area contributed by atoms with Crippen molar-refractivity contribution in [2.45, 2.75) is 97.0 Å². The van der Waals surface area contributed by atoms with Crippen molar-refractivity contribution >= 4 is 23.8 Å². The van der Waals surface area contributed by atoms with Gasteiger partial charge in [0.15, 0.2) is 0 Å². The third kappa shape index (κ3) is 8.56. The first kappa shape index (κ1) is 30.7. The lowest BCUT2D eigenvalue weighted by Gasteiger charge is -2.44. The number of rotatable bonds is 11. The van der Waals surface area contributed by atoms with E-state index in [1.54, 1.807) is 25.7 Å². The number of hydrogen-bond acceptors (Lipinski definition) is 5. The van der Waals surface area contributed by atoms with Gasteiger partial charge in [0.1, 0.15) is 17.7 Å². The molecule has 0 spiro atoms. The minimum absolute atomic E-state index is 0.0121. The van der Waals surface area contributed by atoms with Gasteiger partial charge in [0.2, 0.25) is 17.7 Å². The van der Waals surface area contributed by atoms with Gasteiger partial charge in [-0.25, -0.2) is 4.79 Å². The molecule has 9 nitrogen and oxygen atoms in total. The molecule has 0 radical (unpaired) electrons. The van der Waals surface area contributed by atoms with Gasteiger partial charge in [0.05, 0.1) is 0 Å². The maximum atomic E-state index is 14.3. The monoisotopic (exact) mass is 550 g/mol. The van der Waals surface area contributed by atoms with Crippen molar-refractivity contribution < 1.29 is 23.9 Å². The van der Waals surface area contributed by atoms with Crippen LogP contribution in [0.25, 0.3) is 0 Å². The molecule has 2 aromatic rings. The summed E-state index contributed by atoms with van der Waals surface area (Å²) in [5.41, 5.74) is 8.10. The number of hydrogen-bond donors (Lipinski definition) is 3. The van der Waals surface area contributed by atoms with E-state index in [2.05, 4.69) is 10.6 Å². The molecular weight excluding hydrogens is 508 g/mol. The summed E-state index contributed by atoms with van der Waals surface area (Å²) >= 11 is 0. The Bertz CT molecular complexity index is 1200. The number of carbonyl (C=O) groups is 4. The number of nitrogens with one attached hydrogen (secondary N) is 2. The lowest BCUT2D eigenvalue weighted by molar-refractivity contribution is -0.147. The minimum Gasteiger partial charge on any atom is -0.444 e. The second kappa shape index (κ2) is 13.5. The van der Waals surface area contributed by atoms with E-state index in [1.165, 1.54) is 0 Å². The number of primary amides is 1. The van der Waals surface area contributed by atoms with Gasteiger partial charge in [-0.2, -0.15) is 0 Å². The highest BCUT2D eigenvalue weighted by Crippen LogP contribution is 2.35. The zero-order chi connectivity index (χ0) is 29.4. The molecule has 2 atom stereocenters. The zero-order valence-electron chi connectivity index (χ0n) is 24.2. The molecule has 9 heteroatoms. The number of aryl methyl sites for hydroxylation is 2. The van der Waals surface area contributed by atoms with Gasteiger partial charge in [0, 0.05) is 19.0 Å². The molecule has 0 bridgehead atoms. The molecule has 40 heavy (non-hydrogen) atoms. The highest BCUT2D eigenvalue weighted by atomic mass is 16.6. The number of ether oxygens (including phenoxy) is 1. The molecule has 4 amide bonds. The van der Waals surface area contributed by atoms with E-state index in [-0.39, 0.29) is 24.8 Å². The quantitative estimate of drug-likeness (QED) is 0.386. The predicted octanol–water partition coefficient (Wildman–Crippen LogP) is 4.20. The summed E-state index contributed by atoms with van der Waals surface area (Å²) in [6.07, 6.45) is 1.48. The summed E-state index contributed by atoms with van der Waals surface area (Å²) in [6, 6.07) is 13.2. The standard InChI is InChI=1S/C31H42N4O5/c1-20-14-15-21(2)24(18-20)27(28(37)33-19-22-10-7-6-8-11-22)35(23-12-9-13-23)29(38)25(16-17-26(32)36)34-30(39)40-31(3,4)5/h6-8,10-11,14-15,18,23,25,27H,9,12-13,16-17,19H2,1-5H3,(H2,32,36)(H,33,37)(H,34,39). The van der Waals surface area contributed by atoms with E-state index < -0.39 is 35.6 Å². The first-order valence-corrected chi connectivity index (χ1v) is 13.8. The van der Waals surface area contributed by atoms with Crippen LogP contribution in [-0.2, 0) is 25.7 Å². The normalized spacial score (nSPS) is 14.8. The van der Waals surface area contributed by atoms with Crippen LogP contribution in [0, 0.1) is 13.8 Å². The lowest BCUT2D eigenvalue weighted by atomic mass is 9.86. The topological polar surface area (TPSA) is 131 Å². The fourth-order valence-corrected chi connectivity index (χ4v) is 4.71. The van der Waals surface area contributed by atoms with E-state index in [9.17, 15) is 19.2 Å². The molecule has 3 rings (SSSR count). The Balaban J connectivity index is 2.01. The maximum Gasteiger partial charge on any atom is 0.408 e. The van der Waals surface area contributed by atoms with Crippen LogP contribution in [0.1, 0.15) is 81.2 Å². The minimum atomic E-state index is -1.10. The van der Waals surface area contributed by atoms with E-state index >= 15 is 0 Å². The van der Waals surface area contributed by atoms with Crippen LogP contribution in [-0.4, -0.2) is 46.4 Å². The predicted molar refractivity (Wildman–Crippen MR) is 153 cm³/mol. The molecule has 4 N–H and O–H groups in total. The molecule has 0 heterocycles. The Hall–Kier alpha value is -3.88. The number of nitrogens with two attached hydrogens (primary N) is 1.